The summed E-state index contributed by atoms with van der Waals surface area (Å²) in [5.41, 5.74) is 4.43. The molecule has 5 rings (SSSR count). The van der Waals surface area contributed by atoms with Crippen LogP contribution in [0, 0.1) is 11.2 Å². The predicted molar refractivity (Wildman–Crippen MR) is 183 cm³/mol. The first-order chi connectivity index (χ1) is 24.9. The Morgan fingerprint density at radius 3 is 2.38 bits per heavy atom. The molecule has 282 valence electrons. The first-order valence-electron chi connectivity index (χ1n) is 16.2. The van der Waals surface area contributed by atoms with Gasteiger partial charge in [0.15, 0.2) is 11.8 Å². The second-order valence-electron chi connectivity index (χ2n) is 13.5. The molecule has 2 amide bonds. The van der Waals surface area contributed by atoms with Gasteiger partial charge in [-0.05, 0) is 66.6 Å². The number of alkyl carbamates (subject to hydrolysis) is 1. The summed E-state index contributed by atoms with van der Waals surface area (Å²) in [6, 6.07) is 11.8. The van der Waals surface area contributed by atoms with E-state index in [1.165, 1.54) is 12.1 Å². The number of halogens is 7. The van der Waals surface area contributed by atoms with E-state index in [1.54, 1.807) is 36.5 Å². The predicted octanol–water partition coefficient (Wildman–Crippen LogP) is 7.81. The summed E-state index contributed by atoms with van der Waals surface area (Å²) in [5.74, 6) is -3.29. The summed E-state index contributed by atoms with van der Waals surface area (Å²) in [6.45, 7) is 5.06. The highest BCUT2D eigenvalue weighted by atomic mass is 35.5. The number of nitrogens with two attached hydrogens (primary N) is 1. The van der Waals surface area contributed by atoms with Gasteiger partial charge in [-0.15, -0.1) is 0 Å². The van der Waals surface area contributed by atoms with Crippen molar-refractivity contribution in [2.75, 3.05) is 13.2 Å². The monoisotopic (exact) mass is 764 g/mol. The minimum Gasteiger partial charge on any atom is -0.447 e. The lowest BCUT2D eigenvalue weighted by molar-refractivity contribution is -0.164. The summed E-state index contributed by atoms with van der Waals surface area (Å²) in [6.07, 6.45) is -7.28. The highest BCUT2D eigenvalue weighted by Crippen LogP contribution is 2.49. The molecule has 2 aromatic heterocycles. The molecular formula is C35H35ClF6N8O3. The lowest BCUT2D eigenvalue weighted by Crippen LogP contribution is -2.49. The number of pyridine rings is 1. The van der Waals surface area contributed by atoms with E-state index < -0.39 is 71.1 Å². The van der Waals surface area contributed by atoms with E-state index in [1.807, 2.05) is 26.1 Å². The molecule has 1 fully saturated rings. The van der Waals surface area contributed by atoms with Crippen LogP contribution in [0.4, 0.5) is 31.1 Å². The maximum atomic E-state index is 15.6. The maximum absolute atomic E-state index is 15.6. The molecule has 0 bridgehead atoms. The van der Waals surface area contributed by atoms with Crippen molar-refractivity contribution >= 4 is 29.6 Å². The van der Waals surface area contributed by atoms with Gasteiger partial charge in [0.05, 0.1) is 17.4 Å². The number of nitrogens with zero attached hydrogens (tertiary/aromatic N) is 6. The number of alkyl halides is 5. The first-order valence-corrected chi connectivity index (χ1v) is 16.6. The standard InChI is InChI=1S/C35H35ClF6N8O3/c1-33(2,3)13-15-45-31(43)49(30(51)21-9-7-20(8-10-21)24-6-4-5-14-44-24)26(18-53-32(52)48-34(11-12-34)35(40,41)42)22-16-23(37)27(36)25(17-22)50-29(28(38)39)46-19-47-50/h4-10,14,16-17,19,26,28H,11-13,15,18H2,1-3H3,(H2,43,45)(H,48,52)/t26-/m1/s1. The second kappa shape index (κ2) is 15.4. The molecule has 0 aliphatic heterocycles. The van der Waals surface area contributed by atoms with Crippen LogP contribution in [-0.2, 0) is 4.74 Å². The average molecular weight is 765 g/mol. The molecule has 53 heavy (non-hydrogen) atoms. The third-order valence-electron chi connectivity index (χ3n) is 8.43. The number of carbonyl (C=O) groups is 2. The van der Waals surface area contributed by atoms with E-state index in [-0.39, 0.29) is 35.9 Å². The number of ether oxygens (including phenoxy) is 1. The van der Waals surface area contributed by atoms with Gasteiger partial charge in [-0.25, -0.2) is 27.6 Å². The van der Waals surface area contributed by atoms with Crippen molar-refractivity contribution in [3.63, 3.8) is 0 Å². The number of rotatable bonds is 11. The average Bonchev–Trinajstić information content (AvgIpc) is 3.72. The minimum atomic E-state index is -4.77. The normalized spacial score (nSPS) is 14.9. The topological polar surface area (TPSA) is 141 Å². The smallest absolute Gasteiger partial charge is 0.411 e. The molecule has 3 N–H and O–H groups in total. The van der Waals surface area contributed by atoms with Crippen molar-refractivity contribution in [1.29, 1.82) is 0 Å². The lowest BCUT2D eigenvalue weighted by Gasteiger charge is -2.32. The fraction of sp³-hybridized carbons (Fsp3) is 0.371. The summed E-state index contributed by atoms with van der Waals surface area (Å²) in [7, 11) is 0. The summed E-state index contributed by atoms with van der Waals surface area (Å²) >= 11 is 6.22. The molecule has 0 radical (unpaired) electrons. The van der Waals surface area contributed by atoms with Gasteiger partial charge in [-0.3, -0.25) is 19.7 Å². The molecule has 0 saturated heterocycles. The molecule has 1 aliphatic rings. The number of nitrogens with one attached hydrogen (secondary N) is 1. The lowest BCUT2D eigenvalue weighted by atomic mass is 9.92. The number of benzene rings is 2. The van der Waals surface area contributed by atoms with Crippen molar-refractivity contribution in [2.24, 2.45) is 16.1 Å². The number of guanidine groups is 1. The van der Waals surface area contributed by atoms with E-state index in [2.05, 4.69) is 20.1 Å². The number of hydrogen-bond acceptors (Lipinski definition) is 7. The van der Waals surface area contributed by atoms with Crippen molar-refractivity contribution in [2.45, 2.75) is 64.2 Å². The molecule has 1 atom stereocenters. The van der Waals surface area contributed by atoms with Crippen LogP contribution in [0.15, 0.2) is 72.1 Å². The Balaban J connectivity index is 1.61. The van der Waals surface area contributed by atoms with Crippen LogP contribution in [0.1, 0.15) is 74.2 Å². The van der Waals surface area contributed by atoms with Crippen LogP contribution >= 0.6 is 11.6 Å². The zero-order valence-electron chi connectivity index (χ0n) is 28.7. The fourth-order valence-electron chi connectivity index (χ4n) is 5.28. The van der Waals surface area contributed by atoms with Crippen LogP contribution < -0.4 is 11.1 Å². The third kappa shape index (κ3) is 9.07. The molecule has 18 heteroatoms. The highest BCUT2D eigenvalue weighted by Gasteiger charge is 2.64. The number of hydrogen-bond donors (Lipinski definition) is 2. The van der Waals surface area contributed by atoms with Gasteiger partial charge in [0.1, 0.15) is 29.3 Å². The summed E-state index contributed by atoms with van der Waals surface area (Å²) in [4.78, 5) is 40.4. The van der Waals surface area contributed by atoms with Crippen molar-refractivity contribution in [3.8, 4) is 16.9 Å². The number of amides is 2. The number of aromatic nitrogens is 4. The molecule has 0 unspecified atom stereocenters. The van der Waals surface area contributed by atoms with Crippen molar-refractivity contribution < 1.29 is 40.7 Å². The zero-order chi connectivity index (χ0) is 38.7. The van der Waals surface area contributed by atoms with Crippen molar-refractivity contribution in [1.82, 2.24) is 30.0 Å². The van der Waals surface area contributed by atoms with E-state index in [0.29, 0.717) is 22.4 Å². The molecule has 1 saturated carbocycles. The van der Waals surface area contributed by atoms with E-state index in [0.717, 1.165) is 23.4 Å². The number of carbonyl (C=O) groups excluding carboxylic acids is 2. The quantitative estimate of drug-likeness (QED) is 0.0902. The van der Waals surface area contributed by atoms with Crippen LogP contribution in [0.25, 0.3) is 16.9 Å². The summed E-state index contributed by atoms with van der Waals surface area (Å²) < 4.78 is 90.1. The Hall–Kier alpha value is -5.19. The van der Waals surface area contributed by atoms with Gasteiger partial charge in [0.2, 0.25) is 0 Å². The Morgan fingerprint density at radius 2 is 1.79 bits per heavy atom. The van der Waals surface area contributed by atoms with Gasteiger partial charge >= 0.3 is 12.3 Å². The van der Waals surface area contributed by atoms with Crippen molar-refractivity contribution in [3.05, 3.63) is 94.9 Å². The zero-order valence-corrected chi connectivity index (χ0v) is 29.4. The number of aliphatic imine (C=N–C) groups is 1. The molecule has 2 heterocycles. The Kier molecular flexibility index (Phi) is 11.4. The van der Waals surface area contributed by atoms with Crippen LogP contribution in [0.2, 0.25) is 5.02 Å². The minimum absolute atomic E-state index is 0.0352. The SMILES string of the molecule is CC(C)(C)CCN=C(N)N(C(=O)c1ccc(-c2ccccn2)cc1)[C@H](COC(=O)NC1(C(F)(F)F)CC1)c1cc(F)c(Cl)c(-n2ncnc2C(F)F)c1. The van der Waals surface area contributed by atoms with Gasteiger partial charge in [0, 0.05) is 23.9 Å². The Morgan fingerprint density at radius 1 is 1.09 bits per heavy atom. The maximum Gasteiger partial charge on any atom is 0.411 e. The van der Waals surface area contributed by atoms with E-state index >= 15 is 4.39 Å². The molecule has 2 aromatic carbocycles. The van der Waals surface area contributed by atoms with E-state index in [9.17, 15) is 31.5 Å². The largest absolute Gasteiger partial charge is 0.447 e. The summed E-state index contributed by atoms with van der Waals surface area (Å²) in [5, 5.41) is 4.94. The highest BCUT2D eigenvalue weighted by molar-refractivity contribution is 6.32. The Labute approximate surface area is 305 Å². The van der Waals surface area contributed by atoms with Gasteiger partial charge in [-0.2, -0.15) is 18.3 Å². The fourth-order valence-corrected chi connectivity index (χ4v) is 5.47. The second-order valence-corrected chi connectivity index (χ2v) is 13.9. The molecule has 4 aromatic rings. The molecule has 11 nitrogen and oxygen atoms in total. The van der Waals surface area contributed by atoms with Crippen LogP contribution in [-0.4, -0.2) is 67.5 Å². The van der Waals surface area contributed by atoms with Crippen LogP contribution in [0.5, 0.6) is 0 Å². The first kappa shape index (κ1) is 39.0. The van der Waals surface area contributed by atoms with Gasteiger partial charge in [0.25, 0.3) is 12.3 Å². The Bertz CT molecular complexity index is 1960. The van der Waals surface area contributed by atoms with E-state index in [4.69, 9.17) is 22.1 Å². The molecular weight excluding hydrogens is 730 g/mol. The van der Waals surface area contributed by atoms with Gasteiger partial charge in [-0.1, -0.05) is 50.6 Å². The molecule has 1 aliphatic carbocycles. The molecule has 0 spiro atoms. The third-order valence-corrected chi connectivity index (χ3v) is 8.80. The van der Waals surface area contributed by atoms with Crippen LogP contribution in [0.3, 0.4) is 0 Å². The van der Waals surface area contributed by atoms with Gasteiger partial charge < -0.3 is 15.8 Å².